The Labute approximate surface area is 203 Å². The van der Waals surface area contributed by atoms with E-state index in [-0.39, 0.29) is 5.75 Å². The summed E-state index contributed by atoms with van der Waals surface area (Å²) in [6, 6.07) is 21.0. The molecular formula is C27H26ClNO3S. The van der Waals surface area contributed by atoms with Crippen LogP contribution < -0.4 is 9.47 Å². The molecule has 5 rings (SSSR count). The lowest BCUT2D eigenvalue weighted by molar-refractivity contribution is 0.183. The van der Waals surface area contributed by atoms with Gasteiger partial charge in [-0.15, -0.1) is 11.3 Å². The molecule has 0 bridgehead atoms. The van der Waals surface area contributed by atoms with Crippen LogP contribution in [0.5, 0.6) is 23.0 Å². The molecule has 0 spiro atoms. The number of rotatable bonds is 7. The first kappa shape index (κ1) is 22.1. The Hall–Kier alpha value is -2.73. The molecule has 0 amide bonds. The number of aromatic hydroxyl groups is 1. The van der Waals surface area contributed by atoms with Crippen molar-refractivity contribution in [1.82, 2.24) is 4.90 Å². The number of hydrogen-bond donors (Lipinski definition) is 1. The van der Waals surface area contributed by atoms with Gasteiger partial charge in [0, 0.05) is 22.4 Å². The van der Waals surface area contributed by atoms with Gasteiger partial charge in [-0.05, 0) is 92.0 Å². The average Bonchev–Trinajstić information content (AvgIpc) is 3.27. The summed E-state index contributed by atoms with van der Waals surface area (Å²) < 4.78 is 13.1. The zero-order chi connectivity index (χ0) is 22.6. The standard InChI is InChI=1S/C27H26ClNO3S/c28-26-13-12-25(33-26)24-10-4-19-18-20(30)5-11-23(19)27(24)32-22-8-6-21(7-9-22)31-17-16-29-14-2-1-3-15-29/h4-13,18,30H,1-3,14-17H2. The van der Waals surface area contributed by atoms with Gasteiger partial charge in [0.1, 0.15) is 29.6 Å². The van der Waals surface area contributed by atoms with Crippen LogP contribution in [0.15, 0.2) is 66.7 Å². The minimum absolute atomic E-state index is 0.228. The van der Waals surface area contributed by atoms with Crippen molar-refractivity contribution in [1.29, 1.82) is 0 Å². The summed E-state index contributed by atoms with van der Waals surface area (Å²) >= 11 is 7.71. The fourth-order valence-electron chi connectivity index (χ4n) is 4.25. The van der Waals surface area contributed by atoms with E-state index in [0.717, 1.165) is 49.3 Å². The maximum absolute atomic E-state index is 9.91. The number of fused-ring (bicyclic) bond motifs is 1. The molecular weight excluding hydrogens is 454 g/mol. The summed E-state index contributed by atoms with van der Waals surface area (Å²) in [6.07, 6.45) is 3.93. The molecule has 1 aliphatic heterocycles. The third-order valence-electron chi connectivity index (χ3n) is 5.96. The van der Waals surface area contributed by atoms with Gasteiger partial charge in [0.25, 0.3) is 0 Å². The van der Waals surface area contributed by atoms with Crippen molar-refractivity contribution in [2.45, 2.75) is 19.3 Å². The molecule has 4 aromatic rings. The van der Waals surface area contributed by atoms with Crippen molar-refractivity contribution in [2.24, 2.45) is 0 Å². The number of likely N-dealkylation sites (tertiary alicyclic amines) is 1. The van der Waals surface area contributed by atoms with Crippen LogP contribution in [0.1, 0.15) is 19.3 Å². The number of nitrogens with zero attached hydrogens (tertiary/aromatic N) is 1. The highest BCUT2D eigenvalue weighted by Gasteiger charge is 2.15. The molecule has 1 N–H and O–H groups in total. The number of thiophene rings is 1. The maximum Gasteiger partial charge on any atom is 0.143 e. The molecule has 170 valence electrons. The Morgan fingerprint density at radius 1 is 0.879 bits per heavy atom. The average molecular weight is 480 g/mol. The Morgan fingerprint density at radius 2 is 1.67 bits per heavy atom. The van der Waals surface area contributed by atoms with E-state index in [1.165, 1.54) is 43.7 Å². The highest BCUT2D eigenvalue weighted by molar-refractivity contribution is 7.19. The van der Waals surface area contributed by atoms with Gasteiger partial charge in [0.05, 0.1) is 4.34 Å². The lowest BCUT2D eigenvalue weighted by Crippen LogP contribution is -2.33. The second-order valence-electron chi connectivity index (χ2n) is 8.28. The minimum Gasteiger partial charge on any atom is -0.508 e. The van der Waals surface area contributed by atoms with Gasteiger partial charge in [-0.2, -0.15) is 0 Å². The fourth-order valence-corrected chi connectivity index (χ4v) is 5.31. The first-order chi connectivity index (χ1) is 16.2. The van der Waals surface area contributed by atoms with E-state index in [0.29, 0.717) is 6.61 Å². The number of benzene rings is 3. The van der Waals surface area contributed by atoms with Crippen molar-refractivity contribution in [3.8, 4) is 33.4 Å². The van der Waals surface area contributed by atoms with Gasteiger partial charge in [-0.1, -0.05) is 24.1 Å². The van der Waals surface area contributed by atoms with E-state index in [4.69, 9.17) is 21.1 Å². The molecule has 1 saturated heterocycles. The second-order valence-corrected chi connectivity index (χ2v) is 9.99. The van der Waals surface area contributed by atoms with Gasteiger partial charge in [0.2, 0.25) is 0 Å². The predicted octanol–water partition coefficient (Wildman–Crippen LogP) is 7.58. The highest BCUT2D eigenvalue weighted by atomic mass is 35.5. The summed E-state index contributed by atoms with van der Waals surface area (Å²) in [7, 11) is 0. The van der Waals surface area contributed by atoms with Crippen molar-refractivity contribution in [3.05, 3.63) is 71.1 Å². The number of phenols is 1. The molecule has 0 atom stereocenters. The van der Waals surface area contributed by atoms with Crippen molar-refractivity contribution < 1.29 is 14.6 Å². The Morgan fingerprint density at radius 3 is 2.42 bits per heavy atom. The SMILES string of the molecule is Oc1ccc2c(Oc3ccc(OCCN4CCCCC4)cc3)c(-c3ccc(Cl)s3)ccc2c1. The third kappa shape index (κ3) is 5.27. The van der Waals surface area contributed by atoms with Gasteiger partial charge < -0.3 is 14.6 Å². The van der Waals surface area contributed by atoms with Crippen molar-refractivity contribution in [3.63, 3.8) is 0 Å². The molecule has 0 radical (unpaired) electrons. The monoisotopic (exact) mass is 479 g/mol. The quantitative estimate of drug-likeness (QED) is 0.296. The third-order valence-corrected chi connectivity index (χ3v) is 7.23. The summed E-state index contributed by atoms with van der Waals surface area (Å²) in [5.74, 6) is 2.53. The number of ether oxygens (including phenoxy) is 2. The molecule has 1 aliphatic rings. The zero-order valence-electron chi connectivity index (χ0n) is 18.3. The maximum atomic E-state index is 9.91. The van der Waals surface area contributed by atoms with Crippen molar-refractivity contribution in [2.75, 3.05) is 26.2 Å². The summed E-state index contributed by atoms with van der Waals surface area (Å²) in [6.45, 7) is 4.01. The smallest absolute Gasteiger partial charge is 0.143 e. The van der Waals surface area contributed by atoms with E-state index in [1.54, 1.807) is 12.1 Å². The number of phenolic OH excluding ortho intramolecular Hbond substituents is 1. The second kappa shape index (κ2) is 10.0. The molecule has 33 heavy (non-hydrogen) atoms. The van der Waals surface area contributed by atoms with Crippen LogP contribution in [0.2, 0.25) is 4.34 Å². The van der Waals surface area contributed by atoms with Crippen LogP contribution in [0.4, 0.5) is 0 Å². The normalized spacial score (nSPS) is 14.5. The van der Waals surface area contributed by atoms with Crippen LogP contribution in [0.25, 0.3) is 21.2 Å². The summed E-state index contributed by atoms with van der Waals surface area (Å²) in [5.41, 5.74) is 0.965. The van der Waals surface area contributed by atoms with E-state index in [9.17, 15) is 5.11 Å². The number of hydrogen-bond acceptors (Lipinski definition) is 5. The Balaban J connectivity index is 1.35. The number of piperidine rings is 1. The van der Waals surface area contributed by atoms with Crippen LogP contribution in [-0.2, 0) is 0 Å². The first-order valence-corrected chi connectivity index (χ1v) is 12.5. The molecule has 4 nitrogen and oxygen atoms in total. The molecule has 3 aromatic carbocycles. The minimum atomic E-state index is 0.228. The Bertz CT molecular complexity index is 1230. The first-order valence-electron chi connectivity index (χ1n) is 11.3. The highest BCUT2D eigenvalue weighted by Crippen LogP contribution is 2.43. The van der Waals surface area contributed by atoms with Crippen LogP contribution in [0.3, 0.4) is 0 Å². The van der Waals surface area contributed by atoms with E-state index in [1.807, 2.05) is 54.6 Å². The molecule has 6 heteroatoms. The van der Waals surface area contributed by atoms with Gasteiger partial charge in [0.15, 0.2) is 0 Å². The lowest BCUT2D eigenvalue weighted by atomic mass is 10.0. The van der Waals surface area contributed by atoms with Gasteiger partial charge in [-0.25, -0.2) is 0 Å². The van der Waals surface area contributed by atoms with Crippen molar-refractivity contribution >= 4 is 33.7 Å². The molecule has 2 heterocycles. The van der Waals surface area contributed by atoms with E-state index in [2.05, 4.69) is 4.90 Å². The van der Waals surface area contributed by atoms with E-state index < -0.39 is 0 Å². The van der Waals surface area contributed by atoms with E-state index >= 15 is 0 Å². The molecule has 0 unspecified atom stereocenters. The van der Waals surface area contributed by atoms with Crippen LogP contribution in [-0.4, -0.2) is 36.2 Å². The van der Waals surface area contributed by atoms with Gasteiger partial charge >= 0.3 is 0 Å². The Kier molecular flexibility index (Phi) is 6.72. The molecule has 1 fully saturated rings. The summed E-state index contributed by atoms with van der Waals surface area (Å²) in [4.78, 5) is 3.50. The fraction of sp³-hybridized carbons (Fsp3) is 0.259. The van der Waals surface area contributed by atoms with Crippen LogP contribution >= 0.6 is 22.9 Å². The number of halogens is 1. The lowest BCUT2D eigenvalue weighted by Gasteiger charge is -2.26. The summed E-state index contributed by atoms with van der Waals surface area (Å²) in [5, 5.41) is 11.8. The zero-order valence-corrected chi connectivity index (χ0v) is 19.9. The van der Waals surface area contributed by atoms with Crippen LogP contribution in [0, 0.1) is 0 Å². The molecule has 1 aromatic heterocycles. The molecule has 0 saturated carbocycles. The van der Waals surface area contributed by atoms with Gasteiger partial charge in [-0.3, -0.25) is 4.90 Å². The topological polar surface area (TPSA) is 41.9 Å². The largest absolute Gasteiger partial charge is 0.508 e. The molecule has 0 aliphatic carbocycles. The predicted molar refractivity (Wildman–Crippen MR) is 136 cm³/mol.